The Hall–Kier alpha value is -3.28. The minimum atomic E-state index is -0.114. The van der Waals surface area contributed by atoms with E-state index in [0.717, 1.165) is 34.0 Å². The Balaban J connectivity index is 1.42. The third-order valence-corrected chi connectivity index (χ3v) is 4.92. The summed E-state index contributed by atoms with van der Waals surface area (Å²) in [6.45, 7) is 0.438. The molecule has 144 valence electrons. The predicted molar refractivity (Wildman–Crippen MR) is 107 cm³/mol. The van der Waals surface area contributed by atoms with Crippen LogP contribution in [-0.2, 0) is 6.54 Å². The first-order valence-electron chi connectivity index (χ1n) is 9.32. The second kappa shape index (κ2) is 7.76. The Morgan fingerprint density at radius 1 is 1.04 bits per heavy atom. The Morgan fingerprint density at radius 3 is 2.32 bits per heavy atom. The summed E-state index contributed by atoms with van der Waals surface area (Å²) in [6.07, 6.45) is 2.42. The van der Waals surface area contributed by atoms with Crippen molar-refractivity contribution in [2.45, 2.75) is 25.3 Å². The molecule has 1 heterocycles. The molecule has 1 saturated carbocycles. The summed E-state index contributed by atoms with van der Waals surface area (Å²) in [5.74, 6) is 1.93. The van der Waals surface area contributed by atoms with Gasteiger partial charge in [-0.25, -0.2) is 0 Å². The zero-order valence-corrected chi connectivity index (χ0v) is 16.0. The van der Waals surface area contributed by atoms with Gasteiger partial charge >= 0.3 is 0 Å². The largest absolute Gasteiger partial charge is 0.497 e. The number of H-pyrrole nitrogens is 1. The van der Waals surface area contributed by atoms with Crippen LogP contribution < -0.4 is 14.8 Å². The molecule has 2 N–H and O–H groups in total. The highest BCUT2D eigenvalue weighted by Crippen LogP contribution is 2.39. The average Bonchev–Trinajstić information content (AvgIpc) is 3.49. The number of aromatic amines is 1. The first-order chi connectivity index (χ1) is 13.7. The molecular weight excluding hydrogens is 354 g/mol. The van der Waals surface area contributed by atoms with E-state index in [1.54, 1.807) is 14.2 Å². The standard InChI is InChI=1S/C22H23N3O3/c1-27-19-9-17(10-20(12-19)28-2)14-3-7-16(8-4-14)22(26)23-13-18-11-21(25-24-18)15-5-6-15/h3-4,7-12,15H,5-6,13H2,1-2H3,(H,23,26)(H,24,25). The van der Waals surface area contributed by atoms with Gasteiger partial charge in [0.15, 0.2) is 0 Å². The van der Waals surface area contributed by atoms with Gasteiger partial charge in [0.2, 0.25) is 0 Å². The fraction of sp³-hybridized carbons (Fsp3) is 0.273. The molecule has 1 aromatic heterocycles. The summed E-state index contributed by atoms with van der Waals surface area (Å²) < 4.78 is 10.6. The van der Waals surface area contributed by atoms with Crippen molar-refractivity contribution >= 4 is 5.91 Å². The van der Waals surface area contributed by atoms with Crippen LogP contribution in [0.4, 0.5) is 0 Å². The highest BCUT2D eigenvalue weighted by atomic mass is 16.5. The Kier molecular flexibility index (Phi) is 5.02. The third kappa shape index (κ3) is 4.01. The highest BCUT2D eigenvalue weighted by molar-refractivity contribution is 5.94. The van der Waals surface area contributed by atoms with E-state index in [0.29, 0.717) is 18.0 Å². The van der Waals surface area contributed by atoms with Crippen LogP contribution in [0.2, 0.25) is 0 Å². The van der Waals surface area contributed by atoms with Crippen molar-refractivity contribution in [3.05, 3.63) is 65.5 Å². The van der Waals surface area contributed by atoms with Gasteiger partial charge in [-0.05, 0) is 54.3 Å². The second-order valence-corrected chi connectivity index (χ2v) is 6.95. The van der Waals surface area contributed by atoms with Crippen LogP contribution in [0.3, 0.4) is 0 Å². The fourth-order valence-corrected chi connectivity index (χ4v) is 3.12. The van der Waals surface area contributed by atoms with Gasteiger partial charge in [-0.15, -0.1) is 0 Å². The minimum absolute atomic E-state index is 0.114. The number of methoxy groups -OCH3 is 2. The van der Waals surface area contributed by atoms with E-state index in [2.05, 4.69) is 15.5 Å². The Morgan fingerprint density at radius 2 is 1.71 bits per heavy atom. The second-order valence-electron chi connectivity index (χ2n) is 6.95. The molecule has 0 saturated heterocycles. The number of hydrogen-bond donors (Lipinski definition) is 2. The van der Waals surface area contributed by atoms with Gasteiger partial charge in [0.25, 0.3) is 5.91 Å². The van der Waals surface area contributed by atoms with Crippen molar-refractivity contribution in [2.75, 3.05) is 14.2 Å². The molecule has 0 radical (unpaired) electrons. The molecule has 1 aliphatic carbocycles. The number of aromatic nitrogens is 2. The van der Waals surface area contributed by atoms with E-state index in [1.807, 2.05) is 48.5 Å². The summed E-state index contributed by atoms with van der Waals surface area (Å²) in [5, 5.41) is 10.2. The first-order valence-corrected chi connectivity index (χ1v) is 9.32. The lowest BCUT2D eigenvalue weighted by Gasteiger charge is -2.09. The van der Waals surface area contributed by atoms with Crippen molar-refractivity contribution in [1.29, 1.82) is 0 Å². The lowest BCUT2D eigenvalue weighted by molar-refractivity contribution is 0.0950. The van der Waals surface area contributed by atoms with Crippen molar-refractivity contribution < 1.29 is 14.3 Å². The van der Waals surface area contributed by atoms with Crippen molar-refractivity contribution in [3.63, 3.8) is 0 Å². The van der Waals surface area contributed by atoms with Crippen LogP contribution >= 0.6 is 0 Å². The summed E-state index contributed by atoms with van der Waals surface area (Å²) in [6, 6.07) is 15.2. The first kappa shape index (κ1) is 18.1. The van der Waals surface area contributed by atoms with Crippen LogP contribution in [0.5, 0.6) is 11.5 Å². The van der Waals surface area contributed by atoms with E-state index in [4.69, 9.17) is 9.47 Å². The van der Waals surface area contributed by atoms with E-state index >= 15 is 0 Å². The molecule has 0 aliphatic heterocycles. The molecule has 0 bridgehead atoms. The van der Waals surface area contributed by atoms with Gasteiger partial charge in [-0.3, -0.25) is 9.89 Å². The summed E-state index contributed by atoms with van der Waals surface area (Å²) in [7, 11) is 3.25. The lowest BCUT2D eigenvalue weighted by Crippen LogP contribution is -2.22. The molecule has 4 rings (SSSR count). The van der Waals surface area contributed by atoms with Crippen LogP contribution in [-0.4, -0.2) is 30.3 Å². The van der Waals surface area contributed by atoms with E-state index in [-0.39, 0.29) is 5.91 Å². The molecular formula is C22H23N3O3. The predicted octanol–water partition coefficient (Wildman–Crippen LogP) is 3.90. The van der Waals surface area contributed by atoms with Gasteiger partial charge in [-0.1, -0.05) is 12.1 Å². The molecule has 1 fully saturated rings. The van der Waals surface area contributed by atoms with Gasteiger partial charge in [0.05, 0.1) is 32.2 Å². The average molecular weight is 377 g/mol. The smallest absolute Gasteiger partial charge is 0.251 e. The maximum absolute atomic E-state index is 12.4. The summed E-state index contributed by atoms with van der Waals surface area (Å²) >= 11 is 0. The van der Waals surface area contributed by atoms with Crippen molar-refractivity contribution in [1.82, 2.24) is 15.5 Å². The Labute approximate surface area is 163 Å². The highest BCUT2D eigenvalue weighted by Gasteiger charge is 2.26. The van der Waals surface area contributed by atoms with Gasteiger partial charge < -0.3 is 14.8 Å². The summed E-state index contributed by atoms with van der Waals surface area (Å²) in [4.78, 5) is 12.4. The molecule has 2 aromatic carbocycles. The number of benzene rings is 2. The molecule has 0 atom stereocenters. The molecule has 28 heavy (non-hydrogen) atoms. The number of nitrogens with one attached hydrogen (secondary N) is 2. The fourth-order valence-electron chi connectivity index (χ4n) is 3.12. The van der Waals surface area contributed by atoms with Gasteiger partial charge in [0, 0.05) is 17.5 Å². The molecule has 1 amide bonds. The van der Waals surface area contributed by atoms with Crippen LogP contribution in [0, 0.1) is 0 Å². The maximum atomic E-state index is 12.4. The SMILES string of the molecule is COc1cc(OC)cc(-c2ccc(C(=O)NCc3cc(C4CC4)n[nH]3)cc2)c1. The van der Waals surface area contributed by atoms with E-state index in [9.17, 15) is 4.79 Å². The normalized spacial score (nSPS) is 13.2. The minimum Gasteiger partial charge on any atom is -0.497 e. The van der Waals surface area contributed by atoms with Crippen LogP contribution in [0.1, 0.15) is 40.5 Å². The maximum Gasteiger partial charge on any atom is 0.251 e. The van der Waals surface area contributed by atoms with Crippen molar-refractivity contribution in [3.8, 4) is 22.6 Å². The molecule has 1 aliphatic rings. The van der Waals surface area contributed by atoms with E-state index in [1.165, 1.54) is 12.8 Å². The van der Waals surface area contributed by atoms with Gasteiger partial charge in [0.1, 0.15) is 11.5 Å². The molecule has 6 heteroatoms. The number of ether oxygens (including phenoxy) is 2. The Bertz CT molecular complexity index is 953. The molecule has 3 aromatic rings. The number of carbonyl (C=O) groups excluding carboxylic acids is 1. The zero-order chi connectivity index (χ0) is 19.5. The van der Waals surface area contributed by atoms with Crippen LogP contribution in [0.25, 0.3) is 11.1 Å². The van der Waals surface area contributed by atoms with E-state index < -0.39 is 0 Å². The van der Waals surface area contributed by atoms with Crippen LogP contribution in [0.15, 0.2) is 48.5 Å². The lowest BCUT2D eigenvalue weighted by atomic mass is 10.0. The molecule has 0 unspecified atom stereocenters. The number of carbonyl (C=O) groups is 1. The third-order valence-electron chi connectivity index (χ3n) is 4.92. The monoisotopic (exact) mass is 377 g/mol. The molecule has 0 spiro atoms. The topological polar surface area (TPSA) is 76.2 Å². The summed E-state index contributed by atoms with van der Waals surface area (Å²) in [5.41, 5.74) is 4.59. The number of rotatable bonds is 7. The molecule has 6 nitrogen and oxygen atoms in total. The quantitative estimate of drug-likeness (QED) is 0.655. The zero-order valence-electron chi connectivity index (χ0n) is 16.0. The number of amides is 1. The number of nitrogens with zero attached hydrogens (tertiary/aromatic N) is 1. The van der Waals surface area contributed by atoms with Gasteiger partial charge in [-0.2, -0.15) is 5.10 Å². The van der Waals surface area contributed by atoms with Crippen molar-refractivity contribution in [2.24, 2.45) is 0 Å². The number of hydrogen-bond acceptors (Lipinski definition) is 4.